The van der Waals surface area contributed by atoms with Crippen LogP contribution in [0.4, 0.5) is 5.69 Å². The van der Waals surface area contributed by atoms with Crippen molar-refractivity contribution in [3.63, 3.8) is 0 Å². The molecule has 1 fully saturated rings. The van der Waals surface area contributed by atoms with Crippen molar-refractivity contribution in [2.45, 2.75) is 39.3 Å². The third kappa shape index (κ3) is 2.69. The molecule has 0 radical (unpaired) electrons. The minimum Gasteiger partial charge on any atom is -0.366 e. The van der Waals surface area contributed by atoms with Gasteiger partial charge in [0.2, 0.25) is 0 Å². The minimum absolute atomic E-state index is 0.0608. The summed E-state index contributed by atoms with van der Waals surface area (Å²) in [4.78, 5) is 14.5. The molecule has 1 aromatic rings. The van der Waals surface area contributed by atoms with Crippen molar-refractivity contribution in [3.8, 4) is 0 Å². The van der Waals surface area contributed by atoms with Crippen LogP contribution in [0.1, 0.15) is 33.2 Å². The van der Waals surface area contributed by atoms with Gasteiger partial charge in [0.1, 0.15) is 4.47 Å². The molecular weight excluding hydrogens is 308 g/mol. The first-order valence-electron chi connectivity index (χ1n) is 6.69. The van der Waals surface area contributed by atoms with Crippen LogP contribution in [0.3, 0.4) is 0 Å². The second-order valence-corrected chi connectivity index (χ2v) is 6.32. The maximum absolute atomic E-state index is 12.2. The number of rotatable bonds is 3. The fourth-order valence-electron chi connectivity index (χ4n) is 2.65. The molecule has 0 aromatic carbocycles. The van der Waals surface area contributed by atoms with Crippen LogP contribution in [0.15, 0.2) is 15.5 Å². The summed E-state index contributed by atoms with van der Waals surface area (Å²) >= 11 is 3.43. The molecule has 106 valence electrons. The highest BCUT2D eigenvalue weighted by molar-refractivity contribution is 9.10. The number of hydrogen-bond donors (Lipinski definition) is 1. The maximum atomic E-state index is 12.2. The molecule has 2 rings (SSSR count). The molecule has 1 saturated heterocycles. The summed E-state index contributed by atoms with van der Waals surface area (Å²) in [7, 11) is 0. The second-order valence-electron chi connectivity index (χ2n) is 5.53. The third-order valence-corrected chi connectivity index (χ3v) is 4.46. The number of hydrogen-bond acceptors (Lipinski definition) is 4. The van der Waals surface area contributed by atoms with E-state index in [2.05, 4.69) is 32.9 Å². The Morgan fingerprint density at radius 1 is 1.58 bits per heavy atom. The van der Waals surface area contributed by atoms with Crippen LogP contribution in [-0.2, 0) is 0 Å². The predicted octanol–water partition coefficient (Wildman–Crippen LogP) is 1.76. The number of nitrogens with zero attached hydrogens (tertiary/aromatic N) is 3. The quantitative estimate of drug-likeness (QED) is 0.918. The van der Waals surface area contributed by atoms with Gasteiger partial charge >= 0.3 is 0 Å². The number of nitrogens with two attached hydrogens (primary N) is 1. The van der Waals surface area contributed by atoms with Crippen LogP contribution >= 0.6 is 15.9 Å². The molecule has 0 spiro atoms. The normalized spacial score (nSPS) is 23.4. The molecule has 1 aliphatic rings. The van der Waals surface area contributed by atoms with Gasteiger partial charge in [-0.3, -0.25) is 4.79 Å². The lowest BCUT2D eigenvalue weighted by atomic mass is 10.1. The molecule has 6 heteroatoms. The smallest absolute Gasteiger partial charge is 0.283 e. The highest BCUT2D eigenvalue weighted by atomic mass is 79.9. The van der Waals surface area contributed by atoms with E-state index in [4.69, 9.17) is 5.73 Å². The molecule has 19 heavy (non-hydrogen) atoms. The van der Waals surface area contributed by atoms with Crippen LogP contribution in [-0.4, -0.2) is 28.9 Å². The molecule has 1 aromatic heterocycles. The van der Waals surface area contributed by atoms with Crippen molar-refractivity contribution in [3.05, 3.63) is 21.0 Å². The first kappa shape index (κ1) is 14.5. The van der Waals surface area contributed by atoms with Gasteiger partial charge in [-0.2, -0.15) is 5.10 Å². The summed E-state index contributed by atoms with van der Waals surface area (Å²) in [6, 6.07) is 0.451. The Bertz CT molecular complexity index is 514. The molecule has 2 atom stereocenters. The zero-order chi connectivity index (χ0) is 14.2. The topological polar surface area (TPSA) is 64.2 Å². The Morgan fingerprint density at radius 3 is 2.79 bits per heavy atom. The van der Waals surface area contributed by atoms with E-state index in [9.17, 15) is 4.79 Å². The van der Waals surface area contributed by atoms with Gasteiger partial charge in [-0.15, -0.1) is 0 Å². The third-order valence-electron chi connectivity index (χ3n) is 3.72. The molecule has 2 unspecified atom stereocenters. The van der Waals surface area contributed by atoms with Crippen LogP contribution in [0.5, 0.6) is 0 Å². The molecule has 0 bridgehead atoms. The molecule has 0 saturated carbocycles. The summed E-state index contributed by atoms with van der Waals surface area (Å²) in [6.07, 6.45) is 2.84. The second kappa shape index (κ2) is 5.63. The summed E-state index contributed by atoms with van der Waals surface area (Å²) in [6.45, 7) is 7.64. The predicted molar refractivity (Wildman–Crippen MR) is 80.6 cm³/mol. The van der Waals surface area contributed by atoms with E-state index in [1.54, 1.807) is 6.20 Å². The minimum atomic E-state index is -0.0732. The standard InChI is InChI=1S/C13H21BrN4O/c1-8(2)18-13(19)12(14)11(6-16-18)17-7-10(5-15)4-9(17)3/h6,8-10H,4-5,7,15H2,1-3H3. The number of halogens is 1. The Kier molecular flexibility index (Phi) is 4.30. The average Bonchev–Trinajstić information content (AvgIpc) is 2.73. The van der Waals surface area contributed by atoms with Crippen LogP contribution in [0.25, 0.3) is 0 Å². The lowest BCUT2D eigenvalue weighted by Gasteiger charge is -2.25. The maximum Gasteiger partial charge on any atom is 0.283 e. The van der Waals surface area contributed by atoms with Crippen molar-refractivity contribution in [2.24, 2.45) is 11.7 Å². The first-order chi connectivity index (χ1) is 8.95. The van der Waals surface area contributed by atoms with Crippen molar-refractivity contribution in [1.82, 2.24) is 9.78 Å². The Balaban J connectivity index is 2.37. The van der Waals surface area contributed by atoms with Gasteiger partial charge in [-0.25, -0.2) is 4.68 Å². The van der Waals surface area contributed by atoms with E-state index in [1.165, 1.54) is 4.68 Å². The van der Waals surface area contributed by atoms with Gasteiger partial charge in [0.15, 0.2) is 0 Å². The molecular formula is C13H21BrN4O. The highest BCUT2D eigenvalue weighted by Crippen LogP contribution is 2.31. The Labute approximate surface area is 121 Å². The molecule has 0 aliphatic carbocycles. The molecule has 5 nitrogen and oxygen atoms in total. The molecule has 0 amide bonds. The van der Waals surface area contributed by atoms with Crippen LogP contribution in [0, 0.1) is 5.92 Å². The van der Waals surface area contributed by atoms with E-state index in [0.29, 0.717) is 23.0 Å². The monoisotopic (exact) mass is 328 g/mol. The Morgan fingerprint density at radius 2 is 2.26 bits per heavy atom. The summed E-state index contributed by atoms with van der Waals surface area (Å²) in [5, 5.41) is 4.27. The van der Waals surface area contributed by atoms with Crippen molar-refractivity contribution >= 4 is 21.6 Å². The lowest BCUT2D eigenvalue weighted by Crippen LogP contribution is -2.32. The first-order valence-corrected chi connectivity index (χ1v) is 7.49. The van der Waals surface area contributed by atoms with Crippen molar-refractivity contribution in [2.75, 3.05) is 18.0 Å². The summed E-state index contributed by atoms with van der Waals surface area (Å²) in [5.74, 6) is 0.495. The molecule has 2 N–H and O–H groups in total. The van der Waals surface area contributed by atoms with Gasteiger partial charge in [-0.05, 0) is 55.6 Å². The van der Waals surface area contributed by atoms with Gasteiger partial charge in [-0.1, -0.05) is 0 Å². The zero-order valence-corrected chi connectivity index (χ0v) is 13.2. The lowest BCUT2D eigenvalue weighted by molar-refractivity contribution is 0.499. The fraction of sp³-hybridized carbons (Fsp3) is 0.692. The number of anilines is 1. The SMILES string of the molecule is CC1CC(CN)CN1c1cnn(C(C)C)c(=O)c1Br. The molecule has 2 heterocycles. The van der Waals surface area contributed by atoms with Gasteiger partial charge in [0.25, 0.3) is 5.56 Å². The van der Waals surface area contributed by atoms with E-state index in [0.717, 1.165) is 18.7 Å². The zero-order valence-electron chi connectivity index (χ0n) is 11.6. The van der Waals surface area contributed by atoms with Gasteiger partial charge < -0.3 is 10.6 Å². The van der Waals surface area contributed by atoms with Crippen LogP contribution < -0.4 is 16.2 Å². The van der Waals surface area contributed by atoms with E-state index in [-0.39, 0.29) is 11.6 Å². The van der Waals surface area contributed by atoms with Crippen molar-refractivity contribution < 1.29 is 0 Å². The van der Waals surface area contributed by atoms with Crippen LogP contribution in [0.2, 0.25) is 0 Å². The molecule has 1 aliphatic heterocycles. The van der Waals surface area contributed by atoms with E-state index >= 15 is 0 Å². The van der Waals surface area contributed by atoms with E-state index < -0.39 is 0 Å². The highest BCUT2D eigenvalue weighted by Gasteiger charge is 2.30. The number of aromatic nitrogens is 2. The van der Waals surface area contributed by atoms with Crippen molar-refractivity contribution in [1.29, 1.82) is 0 Å². The van der Waals surface area contributed by atoms with Gasteiger partial charge in [0.05, 0.1) is 17.9 Å². The summed E-state index contributed by atoms with van der Waals surface area (Å²) < 4.78 is 2.09. The largest absolute Gasteiger partial charge is 0.366 e. The van der Waals surface area contributed by atoms with E-state index in [1.807, 2.05) is 13.8 Å². The fourth-order valence-corrected chi connectivity index (χ4v) is 3.16. The summed E-state index contributed by atoms with van der Waals surface area (Å²) in [5.41, 5.74) is 6.55. The average molecular weight is 329 g/mol. The Hall–Kier alpha value is -0.880. The van der Waals surface area contributed by atoms with Gasteiger partial charge in [0, 0.05) is 12.6 Å².